The van der Waals surface area contributed by atoms with Gasteiger partial charge in [-0.15, -0.1) is 10.2 Å². The first-order valence-electron chi connectivity index (χ1n) is 5.39. The molecule has 2 aromatic heterocycles. The van der Waals surface area contributed by atoms with Gasteiger partial charge in [-0.2, -0.15) is 0 Å². The average Bonchev–Trinajstić information content (AvgIpc) is 2.39. The Kier molecular flexibility index (Phi) is 2.88. The van der Waals surface area contributed by atoms with Crippen LogP contribution in [0.1, 0.15) is 0 Å². The van der Waals surface area contributed by atoms with Gasteiger partial charge in [0.05, 0.1) is 11.1 Å². The van der Waals surface area contributed by atoms with E-state index in [2.05, 4.69) is 20.2 Å². The zero-order valence-corrected chi connectivity index (χ0v) is 11.0. The molecule has 0 radical (unpaired) electrons. The Labute approximate surface area is 117 Å². The van der Waals surface area contributed by atoms with Gasteiger partial charge in [-0.05, 0) is 30.4 Å². The summed E-state index contributed by atoms with van der Waals surface area (Å²) in [6.07, 6.45) is 0. The van der Waals surface area contributed by atoms with Crippen molar-refractivity contribution in [2.75, 3.05) is 0 Å². The highest BCUT2D eigenvalue weighted by Gasteiger charge is 2.06. The Balaban J connectivity index is 2.24. The van der Waals surface area contributed by atoms with Crippen LogP contribution in [0, 0.1) is 4.77 Å². The molecule has 0 aliphatic heterocycles. The van der Waals surface area contributed by atoms with Gasteiger partial charge in [0.15, 0.2) is 10.4 Å². The lowest BCUT2D eigenvalue weighted by atomic mass is 10.1. The highest BCUT2D eigenvalue weighted by molar-refractivity contribution is 7.71. The van der Waals surface area contributed by atoms with Gasteiger partial charge in [-0.25, -0.2) is 0 Å². The van der Waals surface area contributed by atoms with Crippen LogP contribution in [-0.4, -0.2) is 20.2 Å². The minimum absolute atomic E-state index is 0.228. The maximum Gasteiger partial charge on any atom is 0.261 e. The Bertz CT molecular complexity index is 869. The molecule has 1 aromatic carbocycles. The molecular weight excluding hydrogens is 284 g/mol. The van der Waals surface area contributed by atoms with E-state index in [0.29, 0.717) is 21.7 Å². The fraction of sp³-hybridized carbons (Fsp3) is 0. The van der Waals surface area contributed by atoms with E-state index in [-0.39, 0.29) is 10.3 Å². The van der Waals surface area contributed by atoms with Crippen LogP contribution < -0.4 is 5.56 Å². The summed E-state index contributed by atoms with van der Waals surface area (Å²) in [6.45, 7) is 0. The number of benzene rings is 1. The first-order valence-corrected chi connectivity index (χ1v) is 6.18. The molecule has 0 spiro atoms. The minimum atomic E-state index is -0.288. The Morgan fingerprint density at radius 2 is 1.84 bits per heavy atom. The molecule has 19 heavy (non-hydrogen) atoms. The highest BCUT2D eigenvalue weighted by atomic mass is 35.5. The van der Waals surface area contributed by atoms with Crippen LogP contribution >= 0.6 is 23.8 Å². The monoisotopic (exact) mass is 290 g/mol. The number of halogens is 1. The maximum absolute atomic E-state index is 11.8. The van der Waals surface area contributed by atoms with Crippen LogP contribution in [0.5, 0.6) is 0 Å². The summed E-state index contributed by atoms with van der Waals surface area (Å²) >= 11 is 10.7. The summed E-state index contributed by atoms with van der Waals surface area (Å²) < 4.78 is 0.228. The topological polar surface area (TPSA) is 74.4 Å². The van der Waals surface area contributed by atoms with Crippen molar-refractivity contribution in [1.29, 1.82) is 0 Å². The SMILES string of the molecule is O=c1[nH]c(=S)[nH]c2nnc(-c3ccc(Cl)cc3)cc12. The molecule has 2 N–H and O–H groups in total. The van der Waals surface area contributed by atoms with Gasteiger partial charge in [-0.1, -0.05) is 23.7 Å². The molecule has 0 fully saturated rings. The second kappa shape index (κ2) is 4.56. The summed E-state index contributed by atoms with van der Waals surface area (Å²) in [5.74, 6) is 0. The number of aromatic nitrogens is 4. The molecule has 0 aliphatic rings. The van der Waals surface area contributed by atoms with Gasteiger partial charge >= 0.3 is 0 Å². The summed E-state index contributed by atoms with van der Waals surface area (Å²) in [5.41, 5.74) is 1.51. The van der Waals surface area contributed by atoms with Crippen molar-refractivity contribution in [3.05, 3.63) is 50.5 Å². The zero-order valence-electron chi connectivity index (χ0n) is 9.48. The predicted octanol–water partition coefficient (Wildman–Crippen LogP) is 2.70. The minimum Gasteiger partial charge on any atom is -0.315 e. The van der Waals surface area contributed by atoms with Crippen LogP contribution in [0.25, 0.3) is 22.3 Å². The van der Waals surface area contributed by atoms with E-state index in [1.165, 1.54) is 0 Å². The van der Waals surface area contributed by atoms with E-state index in [4.69, 9.17) is 23.8 Å². The van der Waals surface area contributed by atoms with Crippen molar-refractivity contribution < 1.29 is 0 Å². The van der Waals surface area contributed by atoms with Gasteiger partial charge < -0.3 is 4.98 Å². The van der Waals surface area contributed by atoms with Gasteiger partial charge in [0.1, 0.15) is 0 Å². The van der Waals surface area contributed by atoms with Gasteiger partial charge in [-0.3, -0.25) is 9.78 Å². The van der Waals surface area contributed by atoms with Crippen molar-refractivity contribution in [2.45, 2.75) is 0 Å². The molecule has 0 bridgehead atoms. The molecule has 0 aliphatic carbocycles. The smallest absolute Gasteiger partial charge is 0.261 e. The average molecular weight is 291 g/mol. The third kappa shape index (κ3) is 2.27. The third-order valence-corrected chi connectivity index (χ3v) is 3.09. The molecule has 3 rings (SSSR count). The molecular formula is C12H7ClN4OS. The maximum atomic E-state index is 11.8. The second-order valence-electron chi connectivity index (χ2n) is 3.91. The van der Waals surface area contributed by atoms with Crippen LogP contribution in [-0.2, 0) is 0 Å². The summed E-state index contributed by atoms with van der Waals surface area (Å²) in [4.78, 5) is 17.1. The molecule has 0 saturated heterocycles. The fourth-order valence-electron chi connectivity index (χ4n) is 1.73. The summed E-state index contributed by atoms with van der Waals surface area (Å²) in [6, 6.07) is 8.81. The first-order chi connectivity index (χ1) is 9.13. The third-order valence-electron chi connectivity index (χ3n) is 2.64. The molecule has 0 amide bonds. The largest absolute Gasteiger partial charge is 0.315 e. The molecule has 94 valence electrons. The number of nitrogens with zero attached hydrogens (tertiary/aromatic N) is 2. The van der Waals surface area contributed by atoms with E-state index < -0.39 is 0 Å². The summed E-state index contributed by atoms with van der Waals surface area (Å²) in [7, 11) is 0. The number of H-pyrrole nitrogens is 2. The van der Waals surface area contributed by atoms with Gasteiger partial charge in [0, 0.05) is 10.6 Å². The fourth-order valence-corrected chi connectivity index (χ4v) is 2.04. The van der Waals surface area contributed by atoms with Crippen LogP contribution in [0.15, 0.2) is 35.1 Å². The Hall–Kier alpha value is -2.05. The molecule has 0 saturated carbocycles. The van der Waals surface area contributed by atoms with Crippen molar-refractivity contribution in [3.63, 3.8) is 0 Å². The van der Waals surface area contributed by atoms with Gasteiger partial charge in [0.2, 0.25) is 0 Å². The van der Waals surface area contributed by atoms with Crippen molar-refractivity contribution in [2.24, 2.45) is 0 Å². The molecule has 0 unspecified atom stereocenters. The molecule has 5 nitrogen and oxygen atoms in total. The van der Waals surface area contributed by atoms with Crippen LogP contribution in [0.4, 0.5) is 0 Å². The lowest BCUT2D eigenvalue weighted by Gasteiger charge is -2.01. The number of fused-ring (bicyclic) bond motifs is 1. The van der Waals surface area contributed by atoms with E-state index in [9.17, 15) is 4.79 Å². The van der Waals surface area contributed by atoms with Crippen molar-refractivity contribution in [3.8, 4) is 11.3 Å². The Morgan fingerprint density at radius 3 is 2.58 bits per heavy atom. The number of hydrogen-bond acceptors (Lipinski definition) is 4. The summed E-state index contributed by atoms with van der Waals surface area (Å²) in [5, 5.41) is 9.09. The molecule has 7 heteroatoms. The normalized spacial score (nSPS) is 10.8. The predicted molar refractivity (Wildman–Crippen MR) is 75.8 cm³/mol. The number of rotatable bonds is 1. The standard InChI is InChI=1S/C12H7ClN4OS/c13-7-3-1-6(2-4-7)9-5-8-10(17-16-9)14-12(19)15-11(8)18/h1-5H,(H2,14,15,17,18,19). The van der Waals surface area contributed by atoms with Crippen molar-refractivity contribution >= 4 is 34.9 Å². The van der Waals surface area contributed by atoms with Crippen LogP contribution in [0.2, 0.25) is 5.02 Å². The van der Waals surface area contributed by atoms with E-state index >= 15 is 0 Å². The molecule has 3 aromatic rings. The number of hydrogen-bond donors (Lipinski definition) is 2. The lowest BCUT2D eigenvalue weighted by molar-refractivity contribution is 1.02. The lowest BCUT2D eigenvalue weighted by Crippen LogP contribution is -2.09. The van der Waals surface area contributed by atoms with E-state index in [1.54, 1.807) is 18.2 Å². The first kappa shape index (κ1) is 12.0. The number of nitrogens with one attached hydrogen (secondary N) is 2. The van der Waals surface area contributed by atoms with Crippen molar-refractivity contribution in [1.82, 2.24) is 20.2 Å². The second-order valence-corrected chi connectivity index (χ2v) is 4.75. The molecule has 2 heterocycles. The quantitative estimate of drug-likeness (QED) is 0.676. The zero-order chi connectivity index (χ0) is 13.4. The van der Waals surface area contributed by atoms with E-state index in [0.717, 1.165) is 5.56 Å². The van der Waals surface area contributed by atoms with Gasteiger partial charge in [0.25, 0.3) is 5.56 Å². The number of aromatic amines is 2. The Morgan fingerprint density at radius 1 is 1.11 bits per heavy atom. The van der Waals surface area contributed by atoms with Crippen LogP contribution in [0.3, 0.4) is 0 Å². The highest BCUT2D eigenvalue weighted by Crippen LogP contribution is 2.20. The van der Waals surface area contributed by atoms with E-state index in [1.807, 2.05) is 12.1 Å². The molecule has 0 atom stereocenters.